The van der Waals surface area contributed by atoms with Gasteiger partial charge < -0.3 is 0 Å². The standard InChI is InChI=1S/C11H15N3O3S/c1-13(2)18(16,17)14-7-11(12-8-14)9-3-5-10(15)6-4-9/h3,7-8H,4-6H2,1-2H3. The Morgan fingerprint density at radius 3 is 2.61 bits per heavy atom. The van der Waals surface area contributed by atoms with E-state index in [0.29, 0.717) is 25.0 Å². The highest BCUT2D eigenvalue weighted by Gasteiger charge is 2.19. The predicted octanol–water partition coefficient (Wildman–Crippen LogP) is 0.674. The Kier molecular flexibility index (Phi) is 3.36. The molecule has 0 saturated carbocycles. The number of hydrogen-bond acceptors (Lipinski definition) is 4. The minimum Gasteiger partial charge on any atom is -0.299 e. The molecule has 0 aromatic carbocycles. The van der Waals surface area contributed by atoms with Crippen LogP contribution in [0.1, 0.15) is 25.0 Å². The summed E-state index contributed by atoms with van der Waals surface area (Å²) in [6.07, 6.45) is 6.11. The van der Waals surface area contributed by atoms with Gasteiger partial charge in [0.05, 0.1) is 5.69 Å². The molecule has 1 aromatic rings. The second-order valence-corrected chi connectivity index (χ2v) is 6.40. The molecule has 6 nitrogen and oxygen atoms in total. The van der Waals surface area contributed by atoms with Crippen LogP contribution in [0, 0.1) is 0 Å². The predicted molar refractivity (Wildman–Crippen MR) is 67.1 cm³/mol. The fraction of sp³-hybridized carbons (Fsp3) is 0.455. The third-order valence-corrected chi connectivity index (χ3v) is 4.52. The Bertz CT molecular complexity index is 599. The average Bonchev–Trinajstić information content (AvgIpc) is 2.79. The molecule has 0 atom stereocenters. The number of carbonyl (C=O) groups excluding carboxylic acids is 1. The largest absolute Gasteiger partial charge is 0.308 e. The van der Waals surface area contributed by atoms with Gasteiger partial charge in [-0.2, -0.15) is 12.7 Å². The van der Waals surface area contributed by atoms with Crippen LogP contribution in [0.4, 0.5) is 0 Å². The minimum absolute atomic E-state index is 0.207. The third kappa shape index (κ3) is 2.37. The summed E-state index contributed by atoms with van der Waals surface area (Å²) < 4.78 is 25.9. The van der Waals surface area contributed by atoms with Crippen molar-refractivity contribution >= 4 is 21.6 Å². The Hall–Kier alpha value is -1.47. The molecule has 1 aromatic heterocycles. The van der Waals surface area contributed by atoms with Gasteiger partial charge in [0.2, 0.25) is 0 Å². The quantitative estimate of drug-likeness (QED) is 0.808. The van der Waals surface area contributed by atoms with E-state index in [4.69, 9.17) is 0 Å². The second-order valence-electron chi connectivity index (χ2n) is 4.35. The van der Waals surface area contributed by atoms with E-state index in [2.05, 4.69) is 4.98 Å². The first kappa shape index (κ1) is 13.0. The highest BCUT2D eigenvalue weighted by molar-refractivity contribution is 7.87. The van der Waals surface area contributed by atoms with Crippen LogP contribution in [0.2, 0.25) is 0 Å². The van der Waals surface area contributed by atoms with Crippen molar-refractivity contribution < 1.29 is 13.2 Å². The number of hydrogen-bond donors (Lipinski definition) is 0. The maximum atomic E-state index is 11.9. The van der Waals surface area contributed by atoms with E-state index >= 15 is 0 Å². The molecule has 1 aliphatic rings. The first-order chi connectivity index (χ1) is 8.41. The van der Waals surface area contributed by atoms with Crippen LogP contribution >= 0.6 is 0 Å². The third-order valence-electron chi connectivity index (χ3n) is 2.87. The highest BCUT2D eigenvalue weighted by atomic mass is 32.2. The number of ketones is 1. The Labute approximate surface area is 106 Å². The molecule has 18 heavy (non-hydrogen) atoms. The van der Waals surface area contributed by atoms with Gasteiger partial charge in [0, 0.05) is 33.1 Å². The molecule has 0 unspecified atom stereocenters. The number of rotatable bonds is 3. The van der Waals surface area contributed by atoms with Crippen molar-refractivity contribution in [3.05, 3.63) is 24.3 Å². The van der Waals surface area contributed by atoms with E-state index in [0.717, 1.165) is 13.9 Å². The van der Waals surface area contributed by atoms with Gasteiger partial charge in [-0.15, -0.1) is 0 Å². The SMILES string of the molecule is CN(C)S(=O)(=O)n1cnc(C2=CCC(=O)CC2)c1. The van der Waals surface area contributed by atoms with Crippen LogP contribution in [0.25, 0.3) is 5.57 Å². The van der Waals surface area contributed by atoms with Crippen molar-refractivity contribution in [1.82, 2.24) is 13.3 Å². The number of Topliss-reactive ketones (excluding diaryl/α,β-unsaturated/α-hetero) is 1. The summed E-state index contributed by atoms with van der Waals surface area (Å²) in [5, 5.41) is 0. The van der Waals surface area contributed by atoms with E-state index < -0.39 is 10.2 Å². The number of carbonyl (C=O) groups is 1. The normalized spacial score (nSPS) is 17.1. The lowest BCUT2D eigenvalue weighted by Crippen LogP contribution is -2.27. The van der Waals surface area contributed by atoms with Gasteiger partial charge in [-0.25, -0.2) is 8.96 Å². The first-order valence-electron chi connectivity index (χ1n) is 5.59. The van der Waals surface area contributed by atoms with Crippen molar-refractivity contribution in [2.75, 3.05) is 14.1 Å². The van der Waals surface area contributed by atoms with Gasteiger partial charge in [0.15, 0.2) is 0 Å². The van der Waals surface area contributed by atoms with Gasteiger partial charge in [-0.3, -0.25) is 4.79 Å². The lowest BCUT2D eigenvalue weighted by atomic mass is 9.97. The zero-order valence-corrected chi connectivity index (χ0v) is 11.1. The number of imidazole rings is 1. The zero-order chi connectivity index (χ0) is 13.3. The van der Waals surface area contributed by atoms with Gasteiger partial charge in [0.25, 0.3) is 0 Å². The van der Waals surface area contributed by atoms with E-state index in [-0.39, 0.29) is 5.78 Å². The Balaban J connectivity index is 2.29. The van der Waals surface area contributed by atoms with Gasteiger partial charge in [0.1, 0.15) is 12.1 Å². The summed E-state index contributed by atoms with van der Waals surface area (Å²) in [6.45, 7) is 0. The maximum Gasteiger partial charge on any atom is 0.308 e. The van der Waals surface area contributed by atoms with Gasteiger partial charge in [-0.05, 0) is 12.0 Å². The fourth-order valence-corrected chi connectivity index (χ4v) is 2.51. The molecule has 1 heterocycles. The van der Waals surface area contributed by atoms with Crippen molar-refractivity contribution in [3.8, 4) is 0 Å². The first-order valence-corrected chi connectivity index (χ1v) is 6.99. The average molecular weight is 269 g/mol. The summed E-state index contributed by atoms with van der Waals surface area (Å²) in [5.41, 5.74) is 1.55. The van der Waals surface area contributed by atoms with Gasteiger partial charge in [-0.1, -0.05) is 6.08 Å². The van der Waals surface area contributed by atoms with E-state index in [1.807, 2.05) is 6.08 Å². The molecule has 0 fully saturated rings. The van der Waals surface area contributed by atoms with Crippen LogP contribution in [0.15, 0.2) is 18.6 Å². The fourth-order valence-electron chi connectivity index (χ4n) is 1.73. The molecule has 7 heteroatoms. The van der Waals surface area contributed by atoms with Crippen LogP contribution in [0.5, 0.6) is 0 Å². The molecular weight excluding hydrogens is 254 g/mol. The molecule has 0 spiro atoms. The van der Waals surface area contributed by atoms with Crippen molar-refractivity contribution in [1.29, 1.82) is 0 Å². The highest BCUT2D eigenvalue weighted by Crippen LogP contribution is 2.24. The zero-order valence-electron chi connectivity index (χ0n) is 10.3. The monoisotopic (exact) mass is 269 g/mol. The summed E-state index contributed by atoms with van der Waals surface area (Å²) >= 11 is 0. The molecule has 0 bridgehead atoms. The number of allylic oxidation sites excluding steroid dienone is 2. The molecule has 0 amide bonds. The molecule has 0 saturated heterocycles. The Morgan fingerprint density at radius 1 is 1.33 bits per heavy atom. The molecular formula is C11H15N3O3S. The van der Waals surface area contributed by atoms with E-state index in [1.54, 1.807) is 0 Å². The van der Waals surface area contributed by atoms with E-state index in [1.165, 1.54) is 26.6 Å². The van der Waals surface area contributed by atoms with Crippen molar-refractivity contribution in [3.63, 3.8) is 0 Å². The molecule has 0 N–H and O–H groups in total. The molecule has 0 aliphatic heterocycles. The van der Waals surface area contributed by atoms with Gasteiger partial charge >= 0.3 is 10.2 Å². The molecule has 98 valence electrons. The second kappa shape index (κ2) is 4.66. The summed E-state index contributed by atoms with van der Waals surface area (Å²) in [7, 11) is -0.581. The smallest absolute Gasteiger partial charge is 0.299 e. The summed E-state index contributed by atoms with van der Waals surface area (Å²) in [6, 6.07) is 0. The topological polar surface area (TPSA) is 72.3 Å². The van der Waals surface area contributed by atoms with E-state index in [9.17, 15) is 13.2 Å². The lowest BCUT2D eigenvalue weighted by molar-refractivity contribution is -0.118. The van der Waals surface area contributed by atoms with Crippen molar-refractivity contribution in [2.45, 2.75) is 19.3 Å². The van der Waals surface area contributed by atoms with Crippen LogP contribution in [-0.4, -0.2) is 41.6 Å². The lowest BCUT2D eigenvalue weighted by Gasteiger charge is -2.11. The van der Waals surface area contributed by atoms with Crippen LogP contribution in [-0.2, 0) is 15.0 Å². The maximum absolute atomic E-state index is 11.9. The van der Waals surface area contributed by atoms with Crippen LogP contribution in [0.3, 0.4) is 0 Å². The number of aromatic nitrogens is 2. The number of nitrogens with zero attached hydrogens (tertiary/aromatic N) is 3. The molecule has 0 radical (unpaired) electrons. The molecule has 1 aliphatic carbocycles. The van der Waals surface area contributed by atoms with Crippen LogP contribution < -0.4 is 0 Å². The molecule has 2 rings (SSSR count). The minimum atomic E-state index is -3.51. The summed E-state index contributed by atoms with van der Waals surface area (Å²) in [5.74, 6) is 0.207. The Morgan fingerprint density at radius 2 is 2.06 bits per heavy atom. The summed E-state index contributed by atoms with van der Waals surface area (Å²) in [4.78, 5) is 15.2. The van der Waals surface area contributed by atoms with Crippen molar-refractivity contribution in [2.24, 2.45) is 0 Å².